The lowest BCUT2D eigenvalue weighted by atomic mass is 10.1. The maximum absolute atomic E-state index is 11.5. The van der Waals surface area contributed by atoms with Gasteiger partial charge in [-0.15, -0.1) is 0 Å². The molecule has 96 valence electrons. The van der Waals surface area contributed by atoms with Gasteiger partial charge in [-0.2, -0.15) is 4.37 Å². The summed E-state index contributed by atoms with van der Waals surface area (Å²) >= 11 is 8.75. The number of nitrogens with zero attached hydrogens (tertiary/aromatic N) is 2. The van der Waals surface area contributed by atoms with Crippen LogP contribution in [0, 0.1) is 6.92 Å². The van der Waals surface area contributed by atoms with E-state index in [1.807, 2.05) is 6.92 Å². The molecule has 1 amide bonds. The van der Waals surface area contributed by atoms with Gasteiger partial charge in [-0.1, -0.05) is 23.4 Å². The van der Waals surface area contributed by atoms with Crippen LogP contribution < -0.4 is 5.32 Å². The first kappa shape index (κ1) is 12.6. The number of rotatable bonds is 2. The van der Waals surface area contributed by atoms with Crippen molar-refractivity contribution in [2.45, 2.75) is 16.2 Å². The van der Waals surface area contributed by atoms with Gasteiger partial charge in [0.25, 0.3) is 11.7 Å². The van der Waals surface area contributed by atoms with E-state index in [1.54, 1.807) is 6.07 Å². The number of halogens is 1. The van der Waals surface area contributed by atoms with E-state index >= 15 is 0 Å². The predicted octanol–water partition coefficient (Wildman–Crippen LogP) is 2.79. The predicted molar refractivity (Wildman–Crippen MR) is 73.2 cm³/mol. The Morgan fingerprint density at radius 1 is 1.37 bits per heavy atom. The molecule has 1 aliphatic heterocycles. The molecule has 8 heteroatoms. The molecule has 0 fully saturated rings. The van der Waals surface area contributed by atoms with E-state index in [0.29, 0.717) is 22.1 Å². The van der Waals surface area contributed by atoms with Crippen LogP contribution in [-0.4, -0.2) is 21.0 Å². The second-order valence-electron chi connectivity index (χ2n) is 3.82. The van der Waals surface area contributed by atoms with Crippen LogP contribution >= 0.6 is 34.9 Å². The fourth-order valence-corrected chi connectivity index (χ4v) is 3.57. The van der Waals surface area contributed by atoms with Crippen LogP contribution in [0.5, 0.6) is 0 Å². The Labute approximate surface area is 121 Å². The second-order valence-corrected chi connectivity index (χ2v) is 6.27. The van der Waals surface area contributed by atoms with Gasteiger partial charge in [0, 0.05) is 4.90 Å². The van der Waals surface area contributed by atoms with Crippen molar-refractivity contribution in [1.82, 2.24) is 9.36 Å². The molecule has 0 aliphatic carbocycles. The summed E-state index contributed by atoms with van der Waals surface area (Å²) in [6, 6.07) is 3.19. The first-order valence-corrected chi connectivity index (χ1v) is 7.19. The van der Waals surface area contributed by atoms with Crippen molar-refractivity contribution in [2.24, 2.45) is 0 Å². The number of amides is 1. The van der Waals surface area contributed by atoms with Gasteiger partial charge in [0.2, 0.25) is 0 Å². The van der Waals surface area contributed by atoms with E-state index in [2.05, 4.69) is 14.7 Å². The number of hydrogen-bond acceptors (Lipinski definition) is 6. The Kier molecular flexibility index (Phi) is 3.04. The van der Waals surface area contributed by atoms with Gasteiger partial charge in [-0.05, 0) is 30.6 Å². The summed E-state index contributed by atoms with van der Waals surface area (Å²) in [5, 5.41) is 2.93. The van der Waals surface area contributed by atoms with Crippen molar-refractivity contribution in [3.05, 3.63) is 28.5 Å². The average molecular weight is 312 g/mol. The van der Waals surface area contributed by atoms with Gasteiger partial charge in [0.1, 0.15) is 5.82 Å². The smallest absolute Gasteiger partial charge is 0.296 e. The summed E-state index contributed by atoms with van der Waals surface area (Å²) in [5.74, 6) is -0.478. The summed E-state index contributed by atoms with van der Waals surface area (Å²) in [6.45, 7) is 1.81. The molecule has 2 aromatic rings. The average Bonchev–Trinajstić information content (AvgIpc) is 2.87. The van der Waals surface area contributed by atoms with Crippen molar-refractivity contribution < 1.29 is 9.59 Å². The normalized spacial score (nSPS) is 13.6. The molecule has 3 rings (SSSR count). The molecule has 2 heterocycles. The van der Waals surface area contributed by atoms with Crippen LogP contribution in [0.15, 0.2) is 21.4 Å². The summed E-state index contributed by atoms with van der Waals surface area (Å²) in [5.41, 5.74) is 0.802. The molecule has 19 heavy (non-hydrogen) atoms. The Hall–Kier alpha value is -1.44. The summed E-state index contributed by atoms with van der Waals surface area (Å²) < 4.78 is 4.84. The van der Waals surface area contributed by atoms with Gasteiger partial charge < -0.3 is 5.32 Å². The van der Waals surface area contributed by atoms with Crippen molar-refractivity contribution in [2.75, 3.05) is 5.32 Å². The van der Waals surface area contributed by atoms with Gasteiger partial charge in [-0.25, -0.2) is 4.98 Å². The molecule has 1 aliphatic rings. The SMILES string of the molecule is Cc1nsc(Sc2cc3c(cc2Cl)C(=O)C(=O)N3)n1. The number of anilines is 1. The van der Waals surface area contributed by atoms with E-state index in [-0.39, 0.29) is 0 Å². The molecule has 0 radical (unpaired) electrons. The zero-order chi connectivity index (χ0) is 13.6. The number of Topliss-reactive ketones (excluding diaryl/α,β-unsaturated/α-hetero) is 1. The Balaban J connectivity index is 1.98. The van der Waals surface area contributed by atoms with Gasteiger partial charge in [0.15, 0.2) is 4.34 Å². The molecule has 0 saturated carbocycles. The lowest BCUT2D eigenvalue weighted by molar-refractivity contribution is -0.112. The van der Waals surface area contributed by atoms with Crippen LogP contribution in [0.3, 0.4) is 0 Å². The summed E-state index contributed by atoms with van der Waals surface area (Å²) in [4.78, 5) is 27.8. The van der Waals surface area contributed by atoms with Crippen LogP contribution in [0.2, 0.25) is 5.02 Å². The molecular formula is C11H6ClN3O2S2. The minimum atomic E-state index is -0.625. The molecule has 1 N–H and O–H groups in total. The highest BCUT2D eigenvalue weighted by Crippen LogP contribution is 2.38. The quantitative estimate of drug-likeness (QED) is 0.863. The summed E-state index contributed by atoms with van der Waals surface area (Å²) in [7, 11) is 0. The lowest BCUT2D eigenvalue weighted by Crippen LogP contribution is -2.12. The first-order chi connectivity index (χ1) is 9.04. The van der Waals surface area contributed by atoms with Gasteiger partial charge in [0.05, 0.1) is 16.3 Å². The lowest BCUT2D eigenvalue weighted by Gasteiger charge is -2.04. The van der Waals surface area contributed by atoms with E-state index in [0.717, 1.165) is 9.24 Å². The Bertz CT molecular complexity index is 714. The monoisotopic (exact) mass is 311 g/mol. The van der Waals surface area contributed by atoms with Crippen LogP contribution in [0.4, 0.5) is 5.69 Å². The number of aromatic nitrogens is 2. The van der Waals surface area contributed by atoms with Crippen molar-refractivity contribution in [3.63, 3.8) is 0 Å². The van der Waals surface area contributed by atoms with Crippen molar-refractivity contribution in [3.8, 4) is 0 Å². The van der Waals surface area contributed by atoms with E-state index in [1.165, 1.54) is 29.4 Å². The standard InChI is InChI=1S/C11H6ClN3O2S2/c1-4-13-11(19-15-4)18-8-3-7-5(2-6(8)12)9(16)10(17)14-7/h2-3H,1H3,(H,14,16,17). The zero-order valence-electron chi connectivity index (χ0n) is 9.56. The summed E-state index contributed by atoms with van der Waals surface area (Å²) in [6.07, 6.45) is 0. The molecule has 0 bridgehead atoms. The molecule has 0 unspecified atom stereocenters. The topological polar surface area (TPSA) is 72.0 Å². The minimum Gasteiger partial charge on any atom is -0.318 e. The minimum absolute atomic E-state index is 0.313. The van der Waals surface area contributed by atoms with Gasteiger partial charge >= 0.3 is 0 Å². The maximum atomic E-state index is 11.5. The van der Waals surface area contributed by atoms with Crippen LogP contribution in [0.25, 0.3) is 0 Å². The number of aryl methyl sites for hydroxylation is 1. The van der Waals surface area contributed by atoms with Gasteiger partial charge in [-0.3, -0.25) is 9.59 Å². The molecule has 0 spiro atoms. The zero-order valence-corrected chi connectivity index (χ0v) is 11.9. The highest BCUT2D eigenvalue weighted by Gasteiger charge is 2.29. The van der Waals surface area contributed by atoms with E-state index in [9.17, 15) is 9.59 Å². The van der Waals surface area contributed by atoms with Crippen LogP contribution in [0.1, 0.15) is 16.2 Å². The fraction of sp³-hybridized carbons (Fsp3) is 0.0909. The molecule has 0 saturated heterocycles. The molecule has 1 aromatic heterocycles. The van der Waals surface area contributed by atoms with E-state index in [4.69, 9.17) is 11.6 Å². The third kappa shape index (κ3) is 2.24. The number of nitrogens with one attached hydrogen (secondary N) is 1. The fourth-order valence-electron chi connectivity index (χ4n) is 1.64. The van der Waals surface area contributed by atoms with E-state index < -0.39 is 11.7 Å². The van der Waals surface area contributed by atoms with Crippen molar-refractivity contribution in [1.29, 1.82) is 0 Å². The Morgan fingerprint density at radius 2 is 2.16 bits per heavy atom. The highest BCUT2D eigenvalue weighted by atomic mass is 35.5. The van der Waals surface area contributed by atoms with Crippen LogP contribution in [-0.2, 0) is 4.79 Å². The third-order valence-corrected chi connectivity index (χ3v) is 4.80. The number of carbonyl (C=O) groups excluding carboxylic acids is 2. The highest BCUT2D eigenvalue weighted by molar-refractivity contribution is 8.01. The number of carbonyl (C=O) groups is 2. The number of ketones is 1. The third-order valence-electron chi connectivity index (χ3n) is 2.48. The number of benzene rings is 1. The Morgan fingerprint density at radius 3 is 2.84 bits per heavy atom. The largest absolute Gasteiger partial charge is 0.318 e. The molecule has 0 atom stereocenters. The molecule has 1 aromatic carbocycles. The van der Waals surface area contributed by atoms with Crippen molar-refractivity contribution >= 4 is 52.3 Å². The maximum Gasteiger partial charge on any atom is 0.296 e. The molecular weight excluding hydrogens is 306 g/mol. The number of hydrogen-bond donors (Lipinski definition) is 1. The number of fused-ring (bicyclic) bond motifs is 1. The second kappa shape index (κ2) is 4.59. The molecule has 5 nitrogen and oxygen atoms in total. The first-order valence-electron chi connectivity index (χ1n) is 5.22.